The Morgan fingerprint density at radius 2 is 1.68 bits per heavy atom. The Kier molecular flexibility index (Phi) is 5.05. The summed E-state index contributed by atoms with van der Waals surface area (Å²) < 4.78 is 1.78. The maximum atomic E-state index is 12.6. The Morgan fingerprint density at radius 3 is 2.39 bits per heavy atom. The molecule has 0 unspecified atom stereocenters. The minimum atomic E-state index is -0.285. The summed E-state index contributed by atoms with van der Waals surface area (Å²) in [6.07, 6.45) is 5.55. The monoisotopic (exact) mass is 429 g/mol. The lowest BCUT2D eigenvalue weighted by atomic mass is 10.2. The van der Waals surface area contributed by atoms with Crippen molar-refractivity contribution in [1.82, 2.24) is 14.8 Å². The number of benzene rings is 2. The molecule has 1 fully saturated rings. The maximum Gasteiger partial charge on any atom is 0.275 e. The Bertz CT molecular complexity index is 1230. The van der Waals surface area contributed by atoms with Crippen LogP contribution in [0.25, 0.3) is 16.3 Å². The molecule has 0 saturated heterocycles. The van der Waals surface area contributed by atoms with Gasteiger partial charge in [-0.2, -0.15) is 5.10 Å². The van der Waals surface area contributed by atoms with Gasteiger partial charge in [-0.15, -0.1) is 11.3 Å². The van der Waals surface area contributed by atoms with Crippen molar-refractivity contribution in [3.05, 3.63) is 78.1 Å². The van der Waals surface area contributed by atoms with Crippen LogP contribution in [0.5, 0.6) is 0 Å². The van der Waals surface area contributed by atoms with Gasteiger partial charge in [0.05, 0.1) is 11.9 Å². The molecule has 2 aromatic heterocycles. The van der Waals surface area contributed by atoms with Crippen LogP contribution >= 0.6 is 11.3 Å². The Labute approximate surface area is 182 Å². The van der Waals surface area contributed by atoms with Crippen molar-refractivity contribution in [2.75, 3.05) is 10.6 Å². The van der Waals surface area contributed by atoms with Crippen LogP contribution in [-0.2, 0) is 4.79 Å². The molecule has 154 valence electrons. The highest BCUT2D eigenvalue weighted by atomic mass is 32.1. The smallest absolute Gasteiger partial charge is 0.275 e. The lowest BCUT2D eigenvalue weighted by Gasteiger charge is -2.06. The minimum absolute atomic E-state index is 0.0578. The van der Waals surface area contributed by atoms with Gasteiger partial charge >= 0.3 is 0 Å². The van der Waals surface area contributed by atoms with Crippen molar-refractivity contribution in [2.45, 2.75) is 12.8 Å². The summed E-state index contributed by atoms with van der Waals surface area (Å²) in [6, 6.07) is 16.9. The second-order valence-electron chi connectivity index (χ2n) is 7.34. The number of aromatic nitrogens is 3. The standard InChI is InChI=1S/C23H19N5O2S/c29-21(15-6-7-15)25-17-8-10-18(11-9-17)26-22(30)20-14-31-23(27-20)16-12-24-28(13-16)19-4-2-1-3-5-19/h1-5,8-15H,6-7H2,(H,25,29)(H,26,30). The highest BCUT2D eigenvalue weighted by Crippen LogP contribution is 2.30. The third-order valence-corrected chi connectivity index (χ3v) is 5.84. The lowest BCUT2D eigenvalue weighted by Crippen LogP contribution is -2.14. The lowest BCUT2D eigenvalue weighted by molar-refractivity contribution is -0.117. The first kappa shape index (κ1) is 19.2. The number of rotatable bonds is 6. The number of carbonyl (C=O) groups is 2. The van der Waals surface area contributed by atoms with E-state index in [2.05, 4.69) is 20.7 Å². The van der Waals surface area contributed by atoms with E-state index < -0.39 is 0 Å². The number of anilines is 2. The molecule has 0 bridgehead atoms. The van der Waals surface area contributed by atoms with Crippen LogP contribution < -0.4 is 10.6 Å². The van der Waals surface area contributed by atoms with Crippen molar-refractivity contribution in [2.24, 2.45) is 5.92 Å². The molecule has 2 aromatic carbocycles. The molecule has 4 aromatic rings. The number of nitrogens with zero attached hydrogens (tertiary/aromatic N) is 3. The summed E-state index contributed by atoms with van der Waals surface area (Å²) in [5, 5.41) is 12.6. The number of nitrogens with one attached hydrogen (secondary N) is 2. The van der Waals surface area contributed by atoms with E-state index in [4.69, 9.17) is 0 Å². The number of para-hydroxylation sites is 1. The van der Waals surface area contributed by atoms with E-state index in [-0.39, 0.29) is 17.7 Å². The van der Waals surface area contributed by atoms with Crippen LogP contribution in [0.3, 0.4) is 0 Å². The third-order valence-electron chi connectivity index (χ3n) is 4.95. The largest absolute Gasteiger partial charge is 0.326 e. The van der Waals surface area contributed by atoms with E-state index in [1.165, 1.54) is 11.3 Å². The van der Waals surface area contributed by atoms with Crippen LogP contribution in [-0.4, -0.2) is 26.6 Å². The fourth-order valence-corrected chi connectivity index (χ4v) is 3.86. The first-order valence-electron chi connectivity index (χ1n) is 9.94. The molecule has 0 spiro atoms. The van der Waals surface area contributed by atoms with E-state index in [1.807, 2.05) is 36.5 Å². The molecular formula is C23H19N5O2S. The number of amides is 2. The van der Waals surface area contributed by atoms with Crippen molar-refractivity contribution >= 4 is 34.5 Å². The molecule has 1 aliphatic rings. The zero-order valence-electron chi connectivity index (χ0n) is 16.5. The average molecular weight is 430 g/mol. The molecule has 0 aliphatic heterocycles. The van der Waals surface area contributed by atoms with E-state index in [1.54, 1.807) is 40.5 Å². The second kappa shape index (κ2) is 8.16. The van der Waals surface area contributed by atoms with Gasteiger partial charge in [0.15, 0.2) is 0 Å². The average Bonchev–Trinajstić information content (AvgIpc) is 3.33. The van der Waals surface area contributed by atoms with Gasteiger partial charge in [-0.1, -0.05) is 18.2 Å². The van der Waals surface area contributed by atoms with Gasteiger partial charge in [-0.05, 0) is 49.2 Å². The van der Waals surface area contributed by atoms with Gasteiger partial charge in [-0.3, -0.25) is 9.59 Å². The zero-order chi connectivity index (χ0) is 21.2. The van der Waals surface area contributed by atoms with Gasteiger partial charge in [0, 0.05) is 34.4 Å². The normalized spacial score (nSPS) is 13.0. The van der Waals surface area contributed by atoms with Gasteiger partial charge in [0.2, 0.25) is 5.91 Å². The third kappa shape index (κ3) is 4.39. The molecule has 8 heteroatoms. The molecule has 1 aliphatic carbocycles. The fourth-order valence-electron chi connectivity index (χ4n) is 3.09. The van der Waals surface area contributed by atoms with E-state index in [9.17, 15) is 9.59 Å². The molecule has 2 amide bonds. The molecule has 0 radical (unpaired) electrons. The zero-order valence-corrected chi connectivity index (χ0v) is 17.3. The molecule has 7 nitrogen and oxygen atoms in total. The van der Waals surface area contributed by atoms with Crippen LogP contribution in [0.4, 0.5) is 11.4 Å². The highest BCUT2D eigenvalue weighted by molar-refractivity contribution is 7.13. The van der Waals surface area contributed by atoms with Gasteiger partial charge in [-0.25, -0.2) is 9.67 Å². The quantitative estimate of drug-likeness (QED) is 0.469. The van der Waals surface area contributed by atoms with Crippen molar-refractivity contribution < 1.29 is 9.59 Å². The van der Waals surface area contributed by atoms with Crippen LogP contribution in [0.1, 0.15) is 23.3 Å². The van der Waals surface area contributed by atoms with Gasteiger partial charge in [0.25, 0.3) is 5.91 Å². The summed E-state index contributed by atoms with van der Waals surface area (Å²) >= 11 is 1.40. The molecular weight excluding hydrogens is 410 g/mol. The molecule has 31 heavy (non-hydrogen) atoms. The predicted molar refractivity (Wildman–Crippen MR) is 120 cm³/mol. The highest BCUT2D eigenvalue weighted by Gasteiger charge is 2.29. The molecule has 2 N–H and O–H groups in total. The van der Waals surface area contributed by atoms with Crippen LogP contribution in [0, 0.1) is 5.92 Å². The summed E-state index contributed by atoms with van der Waals surface area (Å²) in [7, 11) is 0. The number of thiazole rings is 1. The van der Waals surface area contributed by atoms with E-state index in [0.29, 0.717) is 11.4 Å². The van der Waals surface area contributed by atoms with Crippen LogP contribution in [0.15, 0.2) is 72.4 Å². The molecule has 0 atom stereocenters. The van der Waals surface area contributed by atoms with Crippen molar-refractivity contribution in [1.29, 1.82) is 0 Å². The maximum absolute atomic E-state index is 12.6. The Morgan fingerprint density at radius 1 is 0.968 bits per heavy atom. The van der Waals surface area contributed by atoms with Crippen molar-refractivity contribution in [3.8, 4) is 16.3 Å². The summed E-state index contributed by atoms with van der Waals surface area (Å²) in [5.74, 6) is -0.0758. The van der Waals surface area contributed by atoms with E-state index in [0.717, 1.165) is 34.8 Å². The van der Waals surface area contributed by atoms with Crippen molar-refractivity contribution in [3.63, 3.8) is 0 Å². The second-order valence-corrected chi connectivity index (χ2v) is 8.20. The summed E-state index contributed by atoms with van der Waals surface area (Å²) in [5.41, 5.74) is 3.52. The number of carbonyl (C=O) groups excluding carboxylic acids is 2. The molecule has 1 saturated carbocycles. The SMILES string of the molecule is O=C(Nc1ccc(NC(=O)C2CC2)cc1)c1csc(-c2cnn(-c3ccccc3)c2)n1. The molecule has 2 heterocycles. The Balaban J connectivity index is 1.24. The number of hydrogen-bond donors (Lipinski definition) is 2. The van der Waals surface area contributed by atoms with E-state index >= 15 is 0 Å². The van der Waals surface area contributed by atoms with Gasteiger partial charge < -0.3 is 10.6 Å². The fraction of sp³-hybridized carbons (Fsp3) is 0.130. The molecule has 5 rings (SSSR count). The topological polar surface area (TPSA) is 88.9 Å². The first-order valence-corrected chi connectivity index (χ1v) is 10.8. The Hall–Kier alpha value is -3.78. The van der Waals surface area contributed by atoms with Crippen LogP contribution in [0.2, 0.25) is 0 Å². The predicted octanol–water partition coefficient (Wildman–Crippen LogP) is 4.60. The summed E-state index contributed by atoms with van der Waals surface area (Å²) in [6.45, 7) is 0. The number of hydrogen-bond acceptors (Lipinski definition) is 5. The summed E-state index contributed by atoms with van der Waals surface area (Å²) in [4.78, 5) is 28.9. The minimum Gasteiger partial charge on any atom is -0.326 e. The first-order chi connectivity index (χ1) is 15.2. The van der Waals surface area contributed by atoms with Gasteiger partial charge in [0.1, 0.15) is 10.7 Å².